The van der Waals surface area contributed by atoms with Crippen molar-refractivity contribution in [3.8, 4) is 0 Å². The van der Waals surface area contributed by atoms with Crippen LogP contribution in [-0.4, -0.2) is 25.5 Å². The molecule has 1 aliphatic rings. The quantitative estimate of drug-likeness (QED) is 0.784. The van der Waals surface area contributed by atoms with Gasteiger partial charge in [-0.1, -0.05) is 6.07 Å². The molecule has 2 rings (SSSR count). The highest BCUT2D eigenvalue weighted by atomic mass is 15.1. The van der Waals surface area contributed by atoms with Crippen LogP contribution in [0.2, 0.25) is 0 Å². The van der Waals surface area contributed by atoms with Crippen molar-refractivity contribution in [2.75, 3.05) is 25.0 Å². The van der Waals surface area contributed by atoms with Gasteiger partial charge < -0.3 is 10.6 Å². The fraction of sp³-hybridized carbons (Fsp3) is 0.417. The molecule has 1 aromatic rings. The number of nitrogens with zero attached hydrogens (tertiary/aromatic N) is 1. The van der Waals surface area contributed by atoms with E-state index in [1.54, 1.807) is 0 Å². The maximum absolute atomic E-state index is 4.33. The molecular weight excluding hydrogens is 186 g/mol. The highest BCUT2D eigenvalue weighted by Crippen LogP contribution is 2.13. The summed E-state index contributed by atoms with van der Waals surface area (Å²) < 4.78 is 0. The SMILES string of the molecule is Cc1ccc(NCC2=NCCN2)cc1C. The van der Waals surface area contributed by atoms with Crippen LogP contribution < -0.4 is 10.6 Å². The molecule has 0 atom stereocenters. The molecule has 3 nitrogen and oxygen atoms in total. The Balaban J connectivity index is 1.96. The zero-order valence-corrected chi connectivity index (χ0v) is 9.30. The van der Waals surface area contributed by atoms with Crippen molar-refractivity contribution in [2.24, 2.45) is 4.99 Å². The molecule has 0 unspecified atom stereocenters. The number of nitrogens with one attached hydrogen (secondary N) is 2. The number of aryl methyl sites for hydroxylation is 2. The number of anilines is 1. The molecular formula is C12H17N3. The summed E-state index contributed by atoms with van der Waals surface area (Å²) in [6.07, 6.45) is 0. The van der Waals surface area contributed by atoms with Crippen LogP contribution in [0, 0.1) is 13.8 Å². The average Bonchev–Trinajstić information content (AvgIpc) is 2.73. The summed E-state index contributed by atoms with van der Waals surface area (Å²) in [6.45, 7) is 6.93. The molecule has 2 N–H and O–H groups in total. The van der Waals surface area contributed by atoms with Crippen LogP contribution in [0.1, 0.15) is 11.1 Å². The van der Waals surface area contributed by atoms with E-state index in [2.05, 4.69) is 47.7 Å². The smallest absolute Gasteiger partial charge is 0.116 e. The number of aliphatic imine (C=N–C) groups is 1. The minimum Gasteiger partial charge on any atom is -0.378 e. The van der Waals surface area contributed by atoms with Crippen molar-refractivity contribution in [1.29, 1.82) is 0 Å². The maximum Gasteiger partial charge on any atom is 0.116 e. The Labute approximate surface area is 90.6 Å². The lowest BCUT2D eigenvalue weighted by atomic mass is 10.1. The van der Waals surface area contributed by atoms with Gasteiger partial charge in [-0.05, 0) is 37.1 Å². The van der Waals surface area contributed by atoms with E-state index < -0.39 is 0 Å². The van der Waals surface area contributed by atoms with Crippen molar-refractivity contribution in [3.63, 3.8) is 0 Å². The summed E-state index contributed by atoms with van der Waals surface area (Å²) in [5.74, 6) is 1.06. The number of hydrogen-bond donors (Lipinski definition) is 2. The molecule has 0 radical (unpaired) electrons. The van der Waals surface area contributed by atoms with E-state index in [1.165, 1.54) is 11.1 Å². The minimum absolute atomic E-state index is 0.794. The largest absolute Gasteiger partial charge is 0.378 e. The first-order chi connectivity index (χ1) is 7.25. The predicted molar refractivity (Wildman–Crippen MR) is 64.7 cm³/mol. The molecule has 0 bridgehead atoms. The van der Waals surface area contributed by atoms with Crippen LogP contribution in [0.4, 0.5) is 5.69 Å². The summed E-state index contributed by atoms with van der Waals surface area (Å²) >= 11 is 0. The van der Waals surface area contributed by atoms with Gasteiger partial charge in [-0.15, -0.1) is 0 Å². The van der Waals surface area contributed by atoms with Crippen molar-refractivity contribution in [2.45, 2.75) is 13.8 Å². The van der Waals surface area contributed by atoms with Crippen LogP contribution in [0.5, 0.6) is 0 Å². The van der Waals surface area contributed by atoms with E-state index in [-0.39, 0.29) is 0 Å². The molecule has 3 heteroatoms. The number of benzene rings is 1. The monoisotopic (exact) mass is 203 g/mol. The highest BCUT2D eigenvalue weighted by Gasteiger charge is 2.04. The highest BCUT2D eigenvalue weighted by molar-refractivity contribution is 5.87. The standard InChI is InChI=1S/C12H17N3/c1-9-3-4-11(7-10(9)2)15-8-12-13-5-6-14-12/h3-4,7,15H,5-6,8H2,1-2H3,(H,13,14). The molecule has 1 aromatic carbocycles. The predicted octanol–water partition coefficient (Wildman–Crippen LogP) is 1.72. The first kappa shape index (κ1) is 10.0. The van der Waals surface area contributed by atoms with Crippen LogP contribution in [0.25, 0.3) is 0 Å². The average molecular weight is 203 g/mol. The molecule has 15 heavy (non-hydrogen) atoms. The number of rotatable bonds is 3. The fourth-order valence-electron chi connectivity index (χ4n) is 1.60. The lowest BCUT2D eigenvalue weighted by molar-refractivity contribution is 0.956. The second-order valence-electron chi connectivity index (χ2n) is 3.91. The minimum atomic E-state index is 0.794. The van der Waals surface area contributed by atoms with Crippen LogP contribution in [0.15, 0.2) is 23.2 Å². The first-order valence-corrected chi connectivity index (χ1v) is 5.34. The maximum atomic E-state index is 4.33. The number of hydrogen-bond acceptors (Lipinski definition) is 3. The lowest BCUT2D eigenvalue weighted by Crippen LogP contribution is -2.26. The van der Waals surface area contributed by atoms with Crippen LogP contribution in [-0.2, 0) is 0 Å². The zero-order chi connectivity index (χ0) is 10.7. The molecule has 0 fully saturated rings. The van der Waals surface area contributed by atoms with Crippen LogP contribution in [0.3, 0.4) is 0 Å². The Morgan fingerprint density at radius 3 is 2.87 bits per heavy atom. The van der Waals surface area contributed by atoms with Crippen molar-refractivity contribution < 1.29 is 0 Å². The molecule has 1 heterocycles. The Morgan fingerprint density at radius 2 is 2.20 bits per heavy atom. The van der Waals surface area contributed by atoms with Gasteiger partial charge in [0.05, 0.1) is 13.1 Å². The molecule has 1 aliphatic heterocycles. The lowest BCUT2D eigenvalue weighted by Gasteiger charge is -2.08. The molecule has 0 spiro atoms. The molecule has 0 saturated carbocycles. The van der Waals surface area contributed by atoms with E-state index in [0.29, 0.717) is 0 Å². The van der Waals surface area contributed by atoms with E-state index in [1.807, 2.05) is 0 Å². The normalized spacial score (nSPS) is 14.7. The van der Waals surface area contributed by atoms with E-state index >= 15 is 0 Å². The van der Waals surface area contributed by atoms with Gasteiger partial charge >= 0.3 is 0 Å². The van der Waals surface area contributed by atoms with E-state index in [0.717, 1.165) is 31.2 Å². The summed E-state index contributed by atoms with van der Waals surface area (Å²) in [4.78, 5) is 4.33. The fourth-order valence-corrected chi connectivity index (χ4v) is 1.60. The summed E-state index contributed by atoms with van der Waals surface area (Å²) in [6, 6.07) is 6.42. The second-order valence-corrected chi connectivity index (χ2v) is 3.91. The van der Waals surface area contributed by atoms with Gasteiger partial charge in [0.15, 0.2) is 0 Å². The summed E-state index contributed by atoms with van der Waals surface area (Å²) in [7, 11) is 0. The van der Waals surface area contributed by atoms with Gasteiger partial charge in [-0.2, -0.15) is 0 Å². The van der Waals surface area contributed by atoms with Crippen LogP contribution >= 0.6 is 0 Å². The van der Waals surface area contributed by atoms with Gasteiger partial charge in [0, 0.05) is 12.2 Å². The first-order valence-electron chi connectivity index (χ1n) is 5.34. The van der Waals surface area contributed by atoms with Crippen molar-refractivity contribution in [1.82, 2.24) is 5.32 Å². The number of amidine groups is 1. The third kappa shape index (κ3) is 2.49. The van der Waals surface area contributed by atoms with Crippen molar-refractivity contribution >= 4 is 11.5 Å². The Hall–Kier alpha value is -1.51. The van der Waals surface area contributed by atoms with Crippen molar-refractivity contribution in [3.05, 3.63) is 29.3 Å². The van der Waals surface area contributed by atoms with Gasteiger partial charge in [-0.25, -0.2) is 0 Å². The molecule has 80 valence electrons. The Kier molecular flexibility index (Phi) is 2.90. The Morgan fingerprint density at radius 1 is 1.33 bits per heavy atom. The van der Waals surface area contributed by atoms with E-state index in [4.69, 9.17) is 0 Å². The molecule has 0 amide bonds. The summed E-state index contributed by atoms with van der Waals surface area (Å²) in [5, 5.41) is 6.60. The Bertz CT molecular complexity index is 382. The second kappa shape index (κ2) is 4.34. The van der Waals surface area contributed by atoms with Gasteiger partial charge in [0.25, 0.3) is 0 Å². The third-order valence-corrected chi connectivity index (χ3v) is 2.71. The van der Waals surface area contributed by atoms with E-state index in [9.17, 15) is 0 Å². The topological polar surface area (TPSA) is 36.4 Å². The van der Waals surface area contributed by atoms with Gasteiger partial charge in [-0.3, -0.25) is 4.99 Å². The third-order valence-electron chi connectivity index (χ3n) is 2.71. The molecule has 0 aromatic heterocycles. The van der Waals surface area contributed by atoms with Gasteiger partial charge in [0.1, 0.15) is 5.84 Å². The molecule has 0 saturated heterocycles. The van der Waals surface area contributed by atoms with Gasteiger partial charge in [0.2, 0.25) is 0 Å². The molecule has 0 aliphatic carbocycles. The summed E-state index contributed by atoms with van der Waals surface area (Å²) in [5.41, 5.74) is 3.81. The zero-order valence-electron chi connectivity index (χ0n) is 9.30.